The van der Waals surface area contributed by atoms with Crippen LogP contribution in [0.3, 0.4) is 0 Å². The fourth-order valence-corrected chi connectivity index (χ4v) is 2.72. The average Bonchev–Trinajstić information content (AvgIpc) is 2.29. The van der Waals surface area contributed by atoms with E-state index in [0.29, 0.717) is 16.1 Å². The molecule has 0 spiro atoms. The first-order valence-corrected chi connectivity index (χ1v) is 6.08. The van der Waals surface area contributed by atoms with Gasteiger partial charge in [0, 0.05) is 10.0 Å². The van der Waals surface area contributed by atoms with E-state index >= 15 is 0 Å². The number of anilines is 1. The molecule has 2 unspecified atom stereocenters. The van der Waals surface area contributed by atoms with Crippen LogP contribution in [0, 0.1) is 0 Å². The quantitative estimate of drug-likeness (QED) is 0.708. The van der Waals surface area contributed by atoms with Crippen LogP contribution in [0.5, 0.6) is 0 Å². The summed E-state index contributed by atoms with van der Waals surface area (Å²) in [6.45, 7) is 0. The standard InChI is InChI=1S/C12H11Cl2NO/c13-8-5-9(14)7-11(6-8)15-10-1-3-12(16-15)4-2-10/h1,3,5-7,10,12H,2,4H2. The molecule has 0 saturated carbocycles. The molecule has 4 heteroatoms. The molecular weight excluding hydrogens is 245 g/mol. The van der Waals surface area contributed by atoms with E-state index in [1.54, 1.807) is 6.07 Å². The molecule has 1 aromatic carbocycles. The van der Waals surface area contributed by atoms with Gasteiger partial charge in [-0.1, -0.05) is 35.4 Å². The van der Waals surface area contributed by atoms with Gasteiger partial charge in [0.05, 0.1) is 11.7 Å². The molecule has 0 aromatic heterocycles. The highest BCUT2D eigenvalue weighted by molar-refractivity contribution is 6.35. The van der Waals surface area contributed by atoms with Gasteiger partial charge >= 0.3 is 0 Å². The lowest BCUT2D eigenvalue weighted by atomic mass is 9.98. The van der Waals surface area contributed by atoms with Gasteiger partial charge in [-0.15, -0.1) is 0 Å². The topological polar surface area (TPSA) is 12.5 Å². The van der Waals surface area contributed by atoms with E-state index in [0.717, 1.165) is 18.5 Å². The van der Waals surface area contributed by atoms with Gasteiger partial charge in [-0.25, -0.2) is 5.06 Å². The number of halogens is 2. The Hall–Kier alpha value is -0.700. The average molecular weight is 256 g/mol. The van der Waals surface area contributed by atoms with Crippen molar-refractivity contribution in [1.29, 1.82) is 0 Å². The van der Waals surface area contributed by atoms with Gasteiger partial charge in [-0.3, -0.25) is 4.84 Å². The zero-order valence-electron chi connectivity index (χ0n) is 8.57. The summed E-state index contributed by atoms with van der Waals surface area (Å²) in [5.74, 6) is 0. The Labute approximate surface area is 104 Å². The Kier molecular flexibility index (Phi) is 2.58. The van der Waals surface area contributed by atoms with Crippen LogP contribution in [-0.2, 0) is 4.84 Å². The summed E-state index contributed by atoms with van der Waals surface area (Å²) >= 11 is 12.0. The SMILES string of the molecule is Clc1cc(Cl)cc(N2OC3C=CC2CC3)c1. The van der Waals surface area contributed by atoms with Gasteiger partial charge in [-0.05, 0) is 31.0 Å². The van der Waals surface area contributed by atoms with Crippen molar-refractivity contribution in [2.75, 3.05) is 5.06 Å². The van der Waals surface area contributed by atoms with E-state index in [2.05, 4.69) is 12.2 Å². The molecule has 1 aromatic rings. The molecule has 84 valence electrons. The molecule has 4 rings (SSSR count). The highest BCUT2D eigenvalue weighted by Crippen LogP contribution is 2.34. The number of hydrogen-bond acceptors (Lipinski definition) is 2. The van der Waals surface area contributed by atoms with Crippen molar-refractivity contribution in [3.63, 3.8) is 0 Å². The van der Waals surface area contributed by atoms with Gasteiger partial charge in [0.1, 0.15) is 6.10 Å². The Bertz CT molecular complexity index is 426. The molecular formula is C12H11Cl2NO. The maximum absolute atomic E-state index is 5.99. The van der Waals surface area contributed by atoms with Crippen molar-refractivity contribution in [2.24, 2.45) is 0 Å². The molecule has 0 N–H and O–H groups in total. The number of rotatable bonds is 1. The van der Waals surface area contributed by atoms with Crippen molar-refractivity contribution < 1.29 is 4.84 Å². The van der Waals surface area contributed by atoms with Crippen molar-refractivity contribution in [2.45, 2.75) is 25.0 Å². The zero-order valence-corrected chi connectivity index (χ0v) is 10.1. The third-order valence-corrected chi connectivity index (χ3v) is 3.38. The van der Waals surface area contributed by atoms with E-state index < -0.39 is 0 Å². The first-order valence-electron chi connectivity index (χ1n) is 5.33. The summed E-state index contributed by atoms with van der Waals surface area (Å²) in [4.78, 5) is 5.81. The van der Waals surface area contributed by atoms with Crippen LogP contribution in [-0.4, -0.2) is 12.1 Å². The fourth-order valence-electron chi connectivity index (χ4n) is 2.21. The summed E-state index contributed by atoms with van der Waals surface area (Å²) in [5.41, 5.74) is 0.927. The maximum Gasteiger partial charge on any atom is 0.104 e. The summed E-state index contributed by atoms with van der Waals surface area (Å²) in [5, 5.41) is 3.18. The monoisotopic (exact) mass is 255 g/mol. The van der Waals surface area contributed by atoms with Crippen molar-refractivity contribution in [3.05, 3.63) is 40.4 Å². The third-order valence-electron chi connectivity index (χ3n) is 2.95. The number of hydrogen-bond donors (Lipinski definition) is 0. The third kappa shape index (κ3) is 1.81. The molecule has 1 aliphatic carbocycles. The predicted molar refractivity (Wildman–Crippen MR) is 66.0 cm³/mol. The lowest BCUT2D eigenvalue weighted by molar-refractivity contribution is 0.00353. The highest BCUT2D eigenvalue weighted by Gasteiger charge is 2.31. The highest BCUT2D eigenvalue weighted by atomic mass is 35.5. The van der Waals surface area contributed by atoms with E-state index in [4.69, 9.17) is 28.0 Å². The molecule has 16 heavy (non-hydrogen) atoms. The zero-order chi connectivity index (χ0) is 11.1. The first kappa shape index (κ1) is 10.5. The summed E-state index contributed by atoms with van der Waals surface area (Å²) < 4.78 is 0. The van der Waals surface area contributed by atoms with Gasteiger partial charge in [0.2, 0.25) is 0 Å². The van der Waals surface area contributed by atoms with Crippen molar-refractivity contribution >= 4 is 28.9 Å². The van der Waals surface area contributed by atoms with E-state index in [-0.39, 0.29) is 6.10 Å². The normalized spacial score (nSPS) is 27.5. The Balaban J connectivity index is 1.95. The number of hydroxylamine groups is 1. The molecule has 3 aliphatic rings. The van der Waals surface area contributed by atoms with Crippen molar-refractivity contribution in [3.8, 4) is 0 Å². The lowest BCUT2D eigenvalue weighted by Crippen LogP contribution is -2.45. The van der Waals surface area contributed by atoms with E-state index in [9.17, 15) is 0 Å². The second kappa shape index (κ2) is 3.95. The van der Waals surface area contributed by atoms with Crippen LogP contribution in [0.4, 0.5) is 5.69 Å². The van der Waals surface area contributed by atoms with Crippen molar-refractivity contribution in [1.82, 2.24) is 0 Å². The summed E-state index contributed by atoms with van der Waals surface area (Å²) in [6.07, 6.45) is 6.71. The van der Waals surface area contributed by atoms with Gasteiger partial charge in [0.25, 0.3) is 0 Å². The summed E-state index contributed by atoms with van der Waals surface area (Å²) in [7, 11) is 0. The molecule has 0 radical (unpaired) electrons. The first-order chi connectivity index (χ1) is 7.72. The molecule has 0 amide bonds. The van der Waals surface area contributed by atoms with Crippen LogP contribution in [0.15, 0.2) is 30.4 Å². The molecule has 1 saturated heterocycles. The van der Waals surface area contributed by atoms with Crippen LogP contribution in [0.1, 0.15) is 12.8 Å². The molecule has 2 nitrogen and oxygen atoms in total. The lowest BCUT2D eigenvalue weighted by Gasteiger charge is -2.41. The minimum absolute atomic E-state index is 0.197. The molecule has 2 bridgehead atoms. The minimum Gasteiger partial charge on any atom is -0.265 e. The minimum atomic E-state index is 0.197. The van der Waals surface area contributed by atoms with E-state index in [1.165, 1.54) is 0 Å². The second-order valence-electron chi connectivity index (χ2n) is 4.13. The second-order valence-corrected chi connectivity index (χ2v) is 5.00. The maximum atomic E-state index is 5.99. The predicted octanol–water partition coefficient (Wildman–Crippen LogP) is 3.83. The van der Waals surface area contributed by atoms with Gasteiger partial charge in [-0.2, -0.15) is 0 Å². The fraction of sp³-hybridized carbons (Fsp3) is 0.333. The Morgan fingerprint density at radius 2 is 1.81 bits per heavy atom. The molecule has 2 aliphatic heterocycles. The Morgan fingerprint density at radius 3 is 2.31 bits per heavy atom. The van der Waals surface area contributed by atoms with Crippen LogP contribution in [0.25, 0.3) is 0 Å². The molecule has 1 fully saturated rings. The van der Waals surface area contributed by atoms with Crippen LogP contribution in [0.2, 0.25) is 10.0 Å². The largest absolute Gasteiger partial charge is 0.265 e. The Morgan fingerprint density at radius 1 is 1.06 bits per heavy atom. The number of benzene rings is 1. The number of nitrogens with zero attached hydrogens (tertiary/aromatic N) is 1. The van der Waals surface area contributed by atoms with Crippen LogP contribution < -0.4 is 5.06 Å². The molecule has 2 atom stereocenters. The van der Waals surface area contributed by atoms with Gasteiger partial charge in [0.15, 0.2) is 0 Å². The smallest absolute Gasteiger partial charge is 0.104 e. The number of fused-ring (bicyclic) bond motifs is 2. The van der Waals surface area contributed by atoms with Gasteiger partial charge < -0.3 is 0 Å². The van der Waals surface area contributed by atoms with E-state index in [1.807, 2.05) is 17.2 Å². The van der Waals surface area contributed by atoms with Crippen LogP contribution >= 0.6 is 23.2 Å². The summed E-state index contributed by atoms with van der Waals surface area (Å²) in [6, 6.07) is 5.79. The molecule has 2 heterocycles.